The molecule has 1 fully saturated rings. The normalized spacial score (nSPS) is 15.6. The molecule has 28 N–H and O–H groups in total. The second-order valence-electron chi connectivity index (χ2n) is 32.8. The van der Waals surface area contributed by atoms with Crippen molar-refractivity contribution in [3.63, 3.8) is 0 Å². The minimum Gasteiger partial charge on any atom is -0.508 e. The van der Waals surface area contributed by atoms with E-state index in [-0.39, 0.29) is 79.9 Å². The molecule has 0 bridgehead atoms. The molecule has 0 saturated carbocycles. The summed E-state index contributed by atoms with van der Waals surface area (Å²) in [6, 6.07) is -20.6. The molecule has 0 radical (unpaired) electrons. The van der Waals surface area contributed by atoms with E-state index in [1.807, 2.05) is 0 Å². The zero-order valence-electron chi connectivity index (χ0n) is 75.2. The van der Waals surface area contributed by atoms with Crippen LogP contribution >= 0.6 is 11.8 Å². The lowest BCUT2D eigenvalue weighted by Crippen LogP contribution is -2.61. The van der Waals surface area contributed by atoms with Crippen LogP contribution in [0.1, 0.15) is 178 Å². The van der Waals surface area contributed by atoms with Gasteiger partial charge in [0, 0.05) is 38.6 Å². The number of nitrogens with zero attached hydrogens (tertiary/aromatic N) is 1. The van der Waals surface area contributed by atoms with Gasteiger partial charge in [-0.25, -0.2) is 0 Å². The van der Waals surface area contributed by atoms with Gasteiger partial charge in [0.2, 0.25) is 112 Å². The summed E-state index contributed by atoms with van der Waals surface area (Å²) in [6.45, 7) is 13.0. The summed E-state index contributed by atoms with van der Waals surface area (Å²) >= 11 is 1.13. The lowest BCUT2D eigenvalue weighted by atomic mass is 9.99. The fraction of sp³-hybridized carbons (Fsp3) is 0.630. The standard InChI is InChI=1S/C81H126N20O30S/c1-37(2)29-51(96-71(120)47(21-25-63(109)110)90-60(105)35-85-69(118)46(20-24-62(107)108)92-66(115)40(7)82)70(119)86-36-61(106)91-52(30-38(3)4)77(126)97-53(31-39(5)6)75(124)87-41(8)67(116)93-48(18-22-58(83)103)72(121)94-49(19-23-59(84)104)73(122)95-50(26-28-132-11)74(123)99-55(33-64(111)112)78(127)98-54(32-44-14-16-45(102)17-15-44)76(125)88-42(9)68(117)100-56(34-65(113)114)80(129)101-27-12-13-57(101)79(128)89-43(10)81(130)131/h14-17,37-43,46-57,102H,12-13,18-36,82H2,1-11H3,(H2,83,103)(H2,84,104)(H,85,118)(H,86,119)(H,87,124)(H,88,125)(H,89,128)(H,90,105)(H,91,106)(H,92,115)(H,93,116)(H,94,121)(H,95,122)(H,96,120)(H,97,126)(H,98,127)(H,99,123)(H,100,117)(H,107,108)(H,109,110)(H,111,112)(H,113,114)(H,130,131)/t40-,41-,42-,43-,46-,47-,48-,49-,50-,51-,52-,53-,54-,55-,56-,57-/m0/s1. The van der Waals surface area contributed by atoms with Gasteiger partial charge in [-0.2, -0.15) is 11.8 Å². The smallest absolute Gasteiger partial charge is 0.325 e. The first-order chi connectivity index (χ1) is 61.6. The van der Waals surface area contributed by atoms with E-state index in [0.717, 1.165) is 30.5 Å². The minimum atomic E-state index is -2.11. The lowest BCUT2D eigenvalue weighted by molar-refractivity contribution is -0.147. The van der Waals surface area contributed by atoms with Gasteiger partial charge in [0.15, 0.2) is 0 Å². The van der Waals surface area contributed by atoms with Crippen LogP contribution in [0.2, 0.25) is 0 Å². The first-order valence-electron chi connectivity index (χ1n) is 42.4. The van der Waals surface area contributed by atoms with E-state index in [1.54, 1.807) is 47.8 Å². The zero-order valence-corrected chi connectivity index (χ0v) is 76.0. The maximum atomic E-state index is 14.5. The molecule has 1 aliphatic heterocycles. The van der Waals surface area contributed by atoms with Crippen molar-refractivity contribution in [1.82, 2.24) is 90.0 Å². The molecule has 1 aromatic carbocycles. The summed E-state index contributed by atoms with van der Waals surface area (Å²) in [7, 11) is 0. The minimum absolute atomic E-state index is 0.0453. The van der Waals surface area contributed by atoms with Gasteiger partial charge in [0.1, 0.15) is 96.4 Å². The van der Waals surface area contributed by atoms with Gasteiger partial charge in [-0.15, -0.1) is 0 Å². The Hall–Kier alpha value is -13.4. The number of hydrogen-bond donors (Lipinski definition) is 25. The number of aromatic hydroxyl groups is 1. The van der Waals surface area contributed by atoms with Gasteiger partial charge < -0.3 is 138 Å². The van der Waals surface area contributed by atoms with E-state index in [9.17, 15) is 141 Å². The fourth-order valence-electron chi connectivity index (χ4n) is 12.9. The summed E-state index contributed by atoms with van der Waals surface area (Å²) in [4.78, 5) is 319. The predicted molar refractivity (Wildman–Crippen MR) is 464 cm³/mol. The molecule has 1 saturated heterocycles. The molecule has 736 valence electrons. The number of thioether (sulfide) groups is 1. The molecule has 16 atom stereocenters. The van der Waals surface area contributed by atoms with Gasteiger partial charge in [-0.05, 0) is 139 Å². The van der Waals surface area contributed by atoms with Crippen molar-refractivity contribution in [2.24, 2.45) is 35.0 Å². The summed E-state index contributed by atoms with van der Waals surface area (Å²) in [5.41, 5.74) is 16.7. The Balaban J connectivity index is 2.41. The molecule has 51 heteroatoms. The van der Waals surface area contributed by atoms with Gasteiger partial charge in [0.25, 0.3) is 0 Å². The van der Waals surface area contributed by atoms with Crippen LogP contribution < -0.4 is 102 Å². The third-order valence-corrected chi connectivity index (χ3v) is 20.5. The molecule has 1 aromatic rings. The molecule has 0 aromatic heterocycles. The average Bonchev–Trinajstić information content (AvgIpc) is 1.60. The molecule has 1 heterocycles. The second kappa shape index (κ2) is 57.6. The van der Waals surface area contributed by atoms with E-state index < -0.39 is 322 Å². The Bertz CT molecular complexity index is 4290. The number of carboxylic acid groups (broad SMARTS) is 5. The molecule has 1 aliphatic rings. The number of phenols is 1. The molecule has 2 rings (SSSR count). The highest BCUT2D eigenvalue weighted by Crippen LogP contribution is 2.21. The van der Waals surface area contributed by atoms with Crippen LogP contribution in [-0.2, 0) is 121 Å². The Morgan fingerprint density at radius 2 is 0.712 bits per heavy atom. The molecule has 0 spiro atoms. The largest absolute Gasteiger partial charge is 0.508 e. The molecule has 132 heavy (non-hydrogen) atoms. The average molecular weight is 1890 g/mol. The SMILES string of the molecule is CSCC[C@H](NC(=O)[C@H](CCC(N)=O)NC(=O)[C@H](CCC(N)=O)NC(=O)[C@H](C)NC(=O)[C@H](CC(C)C)NC(=O)[C@H](CC(C)C)NC(=O)CNC(=O)[C@H](CC(C)C)NC(=O)[C@H](CCC(=O)O)NC(=O)CNC(=O)[C@H](CCC(=O)O)NC(=O)[C@H](C)N)C(=O)N[C@@H](CC(=O)O)C(=O)N[C@@H](Cc1ccc(O)cc1)C(=O)N[C@@H](C)C(=O)N[C@@H](CC(=O)O)C(=O)N1CCC[C@H]1C(=O)N[C@@H](C)C(=O)O. The Morgan fingerprint density at radius 1 is 0.379 bits per heavy atom. The number of rotatable bonds is 61. The number of hydrogen-bond acceptors (Lipinski definition) is 27. The van der Waals surface area contributed by atoms with Gasteiger partial charge in [0.05, 0.1) is 32.0 Å². The Labute approximate surface area is 763 Å². The highest BCUT2D eigenvalue weighted by Gasteiger charge is 2.42. The van der Waals surface area contributed by atoms with Crippen LogP contribution in [0.3, 0.4) is 0 Å². The number of phenolic OH excluding ortho intramolecular Hbond substituents is 1. The van der Waals surface area contributed by atoms with Crippen LogP contribution in [0.25, 0.3) is 0 Å². The van der Waals surface area contributed by atoms with Gasteiger partial charge in [-0.1, -0.05) is 53.7 Å². The topological polar surface area (TPSA) is 805 Å². The number of amides is 19. The molecule has 0 aliphatic carbocycles. The summed E-state index contributed by atoms with van der Waals surface area (Å²) in [5, 5.41) is 95.4. The number of carbonyl (C=O) groups is 24. The van der Waals surface area contributed by atoms with Crippen LogP contribution in [0, 0.1) is 17.8 Å². The number of nitrogens with two attached hydrogens (primary N) is 3. The van der Waals surface area contributed by atoms with Crippen molar-refractivity contribution in [3.05, 3.63) is 29.8 Å². The van der Waals surface area contributed by atoms with Crippen molar-refractivity contribution in [2.45, 2.75) is 275 Å². The number of carboxylic acids is 5. The lowest BCUT2D eigenvalue weighted by Gasteiger charge is -2.29. The van der Waals surface area contributed by atoms with Crippen molar-refractivity contribution < 1.29 is 146 Å². The predicted octanol–water partition coefficient (Wildman–Crippen LogP) is -7.46. The Morgan fingerprint density at radius 3 is 1.14 bits per heavy atom. The molecule has 0 unspecified atom stereocenters. The van der Waals surface area contributed by atoms with Crippen LogP contribution in [0.5, 0.6) is 5.75 Å². The number of likely N-dealkylation sites (tertiary alicyclic amines) is 1. The van der Waals surface area contributed by atoms with E-state index in [0.29, 0.717) is 0 Å². The van der Waals surface area contributed by atoms with Crippen molar-refractivity contribution in [2.75, 3.05) is 31.6 Å². The quantitative estimate of drug-likeness (QED) is 0.0288. The monoisotopic (exact) mass is 1890 g/mol. The maximum absolute atomic E-state index is 14.5. The highest BCUT2D eigenvalue weighted by molar-refractivity contribution is 7.98. The first kappa shape index (κ1) is 115. The summed E-state index contributed by atoms with van der Waals surface area (Å²) < 4.78 is 0. The van der Waals surface area contributed by atoms with Crippen LogP contribution in [0.4, 0.5) is 0 Å². The number of carbonyl (C=O) groups excluding carboxylic acids is 19. The van der Waals surface area contributed by atoms with E-state index in [4.69, 9.17) is 22.3 Å². The second-order valence-corrected chi connectivity index (χ2v) is 33.8. The molecular weight excluding hydrogens is 1770 g/mol. The Kier molecular flexibility index (Phi) is 50.1. The van der Waals surface area contributed by atoms with Crippen LogP contribution in [0.15, 0.2) is 24.3 Å². The van der Waals surface area contributed by atoms with Crippen molar-refractivity contribution >= 4 is 154 Å². The fourth-order valence-corrected chi connectivity index (χ4v) is 13.3. The highest BCUT2D eigenvalue weighted by atomic mass is 32.2. The summed E-state index contributed by atoms with van der Waals surface area (Å²) in [5.74, 6) is -28.8. The van der Waals surface area contributed by atoms with Gasteiger partial charge >= 0.3 is 29.8 Å². The van der Waals surface area contributed by atoms with Gasteiger partial charge in [-0.3, -0.25) is 115 Å². The van der Waals surface area contributed by atoms with Crippen molar-refractivity contribution in [3.8, 4) is 5.75 Å². The maximum Gasteiger partial charge on any atom is 0.325 e. The third kappa shape index (κ3) is 43.8. The van der Waals surface area contributed by atoms with E-state index >= 15 is 0 Å². The number of benzene rings is 1. The van der Waals surface area contributed by atoms with Crippen LogP contribution in [-0.4, -0.2) is 306 Å². The summed E-state index contributed by atoms with van der Waals surface area (Å²) in [6.07, 6.45) is -6.11. The zero-order chi connectivity index (χ0) is 100. The molecular formula is C81H126N20O30S. The number of aliphatic carboxylic acids is 5. The first-order valence-corrected chi connectivity index (χ1v) is 43.8. The third-order valence-electron chi connectivity index (χ3n) is 19.8. The number of primary amides is 2. The molecule has 50 nitrogen and oxygen atoms in total. The van der Waals surface area contributed by atoms with E-state index in [1.165, 1.54) is 38.1 Å². The number of nitrogens with one attached hydrogen (secondary N) is 16. The van der Waals surface area contributed by atoms with E-state index in [2.05, 4.69) is 85.1 Å². The molecule has 19 amide bonds. The van der Waals surface area contributed by atoms with Crippen molar-refractivity contribution in [1.29, 1.82) is 0 Å².